The first-order chi connectivity index (χ1) is 21.1. The Bertz CT molecular complexity index is 556. The third-order valence-corrected chi connectivity index (χ3v) is 8.05. The maximum absolute atomic E-state index is 11.9. The summed E-state index contributed by atoms with van der Waals surface area (Å²) < 4.78 is 17.2. The van der Waals surface area contributed by atoms with Crippen LogP contribution in [0.1, 0.15) is 174 Å². The number of hydrogen-bond acceptors (Lipinski definition) is 5. The van der Waals surface area contributed by atoms with Gasteiger partial charge in [-0.25, -0.2) is 4.79 Å². The van der Waals surface area contributed by atoms with Gasteiger partial charge in [-0.2, -0.15) is 0 Å². The molecule has 0 heterocycles. The molecule has 0 saturated heterocycles. The van der Waals surface area contributed by atoms with Gasteiger partial charge in [-0.05, 0) is 12.8 Å². The summed E-state index contributed by atoms with van der Waals surface area (Å²) in [5.74, 6) is -0.976. The van der Waals surface area contributed by atoms with E-state index < -0.39 is 12.1 Å². The van der Waals surface area contributed by atoms with E-state index in [2.05, 4.69) is 19.2 Å². The number of ether oxygens (including phenoxy) is 3. The number of aliphatic carboxylic acids is 1. The van der Waals surface area contributed by atoms with Crippen molar-refractivity contribution in [3.8, 4) is 0 Å². The highest BCUT2D eigenvalue weighted by Crippen LogP contribution is 2.13. The highest BCUT2D eigenvalue weighted by atomic mass is 16.6. The highest BCUT2D eigenvalue weighted by molar-refractivity contribution is 5.70. The van der Waals surface area contributed by atoms with E-state index in [-0.39, 0.29) is 25.5 Å². The van der Waals surface area contributed by atoms with Crippen LogP contribution in [0.4, 0.5) is 4.79 Å². The van der Waals surface area contributed by atoms with Gasteiger partial charge in [0.25, 0.3) is 0 Å². The number of alkyl carbamates (subject to hydrolysis) is 1. The predicted molar refractivity (Wildman–Crippen MR) is 179 cm³/mol. The fourth-order valence-corrected chi connectivity index (χ4v) is 5.25. The molecule has 0 fully saturated rings. The van der Waals surface area contributed by atoms with E-state index in [1.807, 2.05) is 0 Å². The Morgan fingerprint density at radius 3 is 1.23 bits per heavy atom. The third-order valence-electron chi connectivity index (χ3n) is 8.05. The maximum atomic E-state index is 11.9. The molecule has 0 saturated carbocycles. The van der Waals surface area contributed by atoms with E-state index in [4.69, 9.17) is 19.3 Å². The molecule has 0 aromatic rings. The van der Waals surface area contributed by atoms with Crippen LogP contribution in [0.15, 0.2) is 0 Å². The molecule has 43 heavy (non-hydrogen) atoms. The fourth-order valence-electron chi connectivity index (χ4n) is 5.25. The lowest BCUT2D eigenvalue weighted by Gasteiger charge is -2.18. The van der Waals surface area contributed by atoms with Crippen molar-refractivity contribution in [3.63, 3.8) is 0 Å². The first-order valence-electron chi connectivity index (χ1n) is 18.4. The Kier molecular flexibility index (Phi) is 34.0. The first kappa shape index (κ1) is 41.7. The lowest BCUT2D eigenvalue weighted by atomic mass is 10.1. The molecule has 0 aliphatic heterocycles. The van der Waals surface area contributed by atoms with Crippen LogP contribution < -0.4 is 5.32 Å². The van der Waals surface area contributed by atoms with Crippen molar-refractivity contribution in [2.24, 2.45) is 5.92 Å². The molecule has 2 N–H and O–H groups in total. The second-order valence-electron chi connectivity index (χ2n) is 12.5. The molecule has 7 nitrogen and oxygen atoms in total. The maximum Gasteiger partial charge on any atom is 0.407 e. The minimum absolute atomic E-state index is 0.0279. The minimum Gasteiger partial charge on any atom is -0.481 e. The second kappa shape index (κ2) is 35.1. The Hall–Kier alpha value is -1.34. The van der Waals surface area contributed by atoms with Crippen LogP contribution in [-0.4, -0.2) is 56.7 Å². The second-order valence-corrected chi connectivity index (χ2v) is 12.5. The molecule has 0 atom stereocenters. The van der Waals surface area contributed by atoms with Crippen LogP contribution in [0, 0.1) is 5.92 Å². The minimum atomic E-state index is -0.949. The smallest absolute Gasteiger partial charge is 0.407 e. The Labute approximate surface area is 266 Å². The zero-order valence-corrected chi connectivity index (χ0v) is 28.5. The van der Waals surface area contributed by atoms with Crippen LogP contribution in [0.3, 0.4) is 0 Å². The van der Waals surface area contributed by atoms with E-state index in [0.29, 0.717) is 13.2 Å². The van der Waals surface area contributed by atoms with Gasteiger partial charge in [-0.15, -0.1) is 0 Å². The van der Waals surface area contributed by atoms with Crippen molar-refractivity contribution < 1.29 is 28.9 Å². The summed E-state index contributed by atoms with van der Waals surface area (Å²) in [5, 5.41) is 11.2. The number of carboxylic acids is 1. The summed E-state index contributed by atoms with van der Waals surface area (Å²) in [4.78, 5) is 22.6. The van der Waals surface area contributed by atoms with Crippen LogP contribution in [-0.2, 0) is 19.0 Å². The van der Waals surface area contributed by atoms with Crippen molar-refractivity contribution in [1.82, 2.24) is 5.32 Å². The Balaban J connectivity index is 3.93. The van der Waals surface area contributed by atoms with Crippen LogP contribution >= 0.6 is 0 Å². The van der Waals surface area contributed by atoms with E-state index in [1.54, 1.807) is 0 Å². The Morgan fingerprint density at radius 2 is 0.884 bits per heavy atom. The van der Waals surface area contributed by atoms with Crippen molar-refractivity contribution in [2.75, 3.05) is 39.6 Å². The van der Waals surface area contributed by atoms with Gasteiger partial charge in [0, 0.05) is 25.7 Å². The topological polar surface area (TPSA) is 94.1 Å². The summed E-state index contributed by atoms with van der Waals surface area (Å²) in [6.45, 7) is 7.23. The average molecular weight is 614 g/mol. The Morgan fingerprint density at radius 1 is 0.535 bits per heavy atom. The van der Waals surface area contributed by atoms with Gasteiger partial charge < -0.3 is 24.6 Å². The highest BCUT2D eigenvalue weighted by Gasteiger charge is 2.13. The summed E-state index contributed by atoms with van der Waals surface area (Å²) >= 11 is 0. The fraction of sp³-hybridized carbons (Fsp3) is 0.944. The van der Waals surface area contributed by atoms with Crippen molar-refractivity contribution in [3.05, 3.63) is 0 Å². The number of nitrogens with one attached hydrogen (secondary N) is 1. The lowest BCUT2D eigenvalue weighted by molar-refractivity contribution is -0.136. The molecule has 0 bridgehead atoms. The number of carboxylic acid groups (broad SMARTS) is 1. The van der Waals surface area contributed by atoms with Gasteiger partial charge in [-0.1, -0.05) is 155 Å². The molecule has 0 unspecified atom stereocenters. The standard InChI is InChI=1S/C36H71NO6/c1-3-5-7-9-11-13-15-17-19-21-23-25-29-41-31-34(33-43-36(40)37-28-27-35(38)39)32-42-30-26-24-22-20-18-16-14-12-10-8-6-4-2/h34H,3-33H2,1-2H3,(H,37,40)(H,38,39). The third kappa shape index (κ3) is 35.0. The van der Waals surface area contributed by atoms with E-state index in [1.165, 1.54) is 141 Å². The molecule has 0 aromatic carbocycles. The van der Waals surface area contributed by atoms with Gasteiger partial charge in [-0.3, -0.25) is 4.79 Å². The summed E-state index contributed by atoms with van der Waals surface area (Å²) in [6, 6.07) is 0. The number of carbonyl (C=O) groups is 2. The molecule has 0 aliphatic rings. The van der Waals surface area contributed by atoms with Crippen LogP contribution in [0.5, 0.6) is 0 Å². The predicted octanol–water partition coefficient (Wildman–Crippen LogP) is 10.2. The normalized spacial score (nSPS) is 11.3. The molecule has 256 valence electrons. The lowest BCUT2D eigenvalue weighted by Crippen LogP contribution is -2.30. The molecule has 0 spiro atoms. The molecule has 0 aromatic heterocycles. The van der Waals surface area contributed by atoms with Crippen molar-refractivity contribution >= 4 is 12.1 Å². The number of hydrogen-bond donors (Lipinski definition) is 2. The number of carbonyl (C=O) groups excluding carboxylic acids is 1. The van der Waals surface area contributed by atoms with E-state index in [9.17, 15) is 9.59 Å². The molecular formula is C36H71NO6. The van der Waals surface area contributed by atoms with Crippen molar-refractivity contribution in [1.29, 1.82) is 0 Å². The summed E-state index contributed by atoms with van der Waals surface area (Å²) in [7, 11) is 0. The summed E-state index contributed by atoms with van der Waals surface area (Å²) in [5.41, 5.74) is 0. The number of rotatable bonds is 35. The molecule has 0 rings (SSSR count). The molecular weight excluding hydrogens is 542 g/mol. The summed E-state index contributed by atoms with van der Waals surface area (Å²) in [6.07, 6.45) is 30.9. The van der Waals surface area contributed by atoms with Gasteiger partial charge >= 0.3 is 12.1 Å². The zero-order chi connectivity index (χ0) is 31.5. The van der Waals surface area contributed by atoms with Crippen LogP contribution in [0.2, 0.25) is 0 Å². The largest absolute Gasteiger partial charge is 0.481 e. The zero-order valence-electron chi connectivity index (χ0n) is 28.5. The monoisotopic (exact) mass is 614 g/mol. The van der Waals surface area contributed by atoms with Gasteiger partial charge in [0.05, 0.1) is 19.6 Å². The van der Waals surface area contributed by atoms with E-state index in [0.717, 1.165) is 26.1 Å². The van der Waals surface area contributed by atoms with E-state index >= 15 is 0 Å². The number of amides is 1. The molecule has 7 heteroatoms. The van der Waals surface area contributed by atoms with Crippen LogP contribution in [0.25, 0.3) is 0 Å². The van der Waals surface area contributed by atoms with Gasteiger partial charge in [0.1, 0.15) is 6.61 Å². The van der Waals surface area contributed by atoms with Crippen molar-refractivity contribution in [2.45, 2.75) is 174 Å². The molecule has 1 amide bonds. The number of unbranched alkanes of at least 4 members (excludes halogenated alkanes) is 22. The molecule has 0 aliphatic carbocycles. The SMILES string of the molecule is CCCCCCCCCCCCCCOCC(COCCCCCCCCCCCCCC)COC(=O)NCCC(=O)O. The molecule has 0 radical (unpaired) electrons. The van der Waals surface area contributed by atoms with Gasteiger partial charge in [0.15, 0.2) is 0 Å². The average Bonchev–Trinajstić information content (AvgIpc) is 2.99. The quantitative estimate of drug-likeness (QED) is 0.0691. The van der Waals surface area contributed by atoms with Gasteiger partial charge in [0.2, 0.25) is 0 Å². The first-order valence-corrected chi connectivity index (χ1v) is 18.4.